The minimum Gasteiger partial charge on any atom is -0.467 e. The van der Waals surface area contributed by atoms with Crippen LogP contribution >= 0.6 is 0 Å². The Balaban J connectivity index is 1.80. The lowest BCUT2D eigenvalue weighted by Crippen LogP contribution is -2.22. The van der Waals surface area contributed by atoms with Crippen LogP contribution in [0.5, 0.6) is 5.75 Å². The molecule has 3 heteroatoms. The molecule has 0 aliphatic carbocycles. The molecule has 0 saturated carbocycles. The van der Waals surface area contributed by atoms with Gasteiger partial charge >= 0.3 is 0 Å². The van der Waals surface area contributed by atoms with Gasteiger partial charge in [-0.3, -0.25) is 0 Å². The Morgan fingerprint density at radius 1 is 0.952 bits per heavy atom. The first-order valence-electron chi connectivity index (χ1n) is 7.31. The molecule has 2 aromatic rings. The summed E-state index contributed by atoms with van der Waals surface area (Å²) >= 11 is 0. The van der Waals surface area contributed by atoms with E-state index in [1.807, 2.05) is 48.5 Å². The van der Waals surface area contributed by atoms with Crippen molar-refractivity contribution in [1.82, 2.24) is 5.32 Å². The van der Waals surface area contributed by atoms with Crippen LogP contribution in [0.1, 0.15) is 25.0 Å². The van der Waals surface area contributed by atoms with Crippen molar-refractivity contribution in [2.75, 3.05) is 6.79 Å². The molecule has 0 bridgehead atoms. The van der Waals surface area contributed by atoms with Crippen LogP contribution in [0.3, 0.4) is 0 Å². The number of hydrogen-bond donors (Lipinski definition) is 1. The molecule has 0 aliphatic rings. The lowest BCUT2D eigenvalue weighted by atomic mass is 10.2. The van der Waals surface area contributed by atoms with Crippen LogP contribution in [0.15, 0.2) is 54.6 Å². The van der Waals surface area contributed by atoms with Gasteiger partial charge in [-0.15, -0.1) is 0 Å². The van der Waals surface area contributed by atoms with E-state index in [2.05, 4.69) is 25.2 Å². The second kappa shape index (κ2) is 8.45. The first-order chi connectivity index (χ1) is 10.3. The van der Waals surface area contributed by atoms with Crippen LogP contribution in [0.2, 0.25) is 0 Å². The van der Waals surface area contributed by atoms with E-state index in [-0.39, 0.29) is 6.79 Å². The van der Waals surface area contributed by atoms with Crippen LogP contribution in [0.4, 0.5) is 0 Å². The minimum absolute atomic E-state index is 0.258. The Kier molecular flexibility index (Phi) is 6.25. The summed E-state index contributed by atoms with van der Waals surface area (Å²) in [6.07, 6.45) is 0. The van der Waals surface area contributed by atoms with Crippen LogP contribution in [-0.4, -0.2) is 12.8 Å². The van der Waals surface area contributed by atoms with Gasteiger partial charge in [-0.05, 0) is 11.6 Å². The number of hydrogen-bond acceptors (Lipinski definition) is 3. The van der Waals surface area contributed by atoms with E-state index in [0.717, 1.165) is 23.4 Å². The van der Waals surface area contributed by atoms with Gasteiger partial charge in [0, 0.05) is 18.2 Å². The fourth-order valence-electron chi connectivity index (χ4n) is 1.94. The highest BCUT2D eigenvalue weighted by Gasteiger charge is 2.03. The predicted octanol–water partition coefficient (Wildman–Crippen LogP) is 3.74. The molecule has 21 heavy (non-hydrogen) atoms. The summed E-state index contributed by atoms with van der Waals surface area (Å²) in [6, 6.07) is 18.6. The minimum atomic E-state index is 0.258. The summed E-state index contributed by atoms with van der Waals surface area (Å²) in [5.41, 5.74) is 2.30. The first-order valence-corrected chi connectivity index (χ1v) is 7.31. The van der Waals surface area contributed by atoms with Gasteiger partial charge in [0.25, 0.3) is 0 Å². The molecule has 1 N–H and O–H groups in total. The van der Waals surface area contributed by atoms with Gasteiger partial charge in [0.05, 0.1) is 6.61 Å². The average Bonchev–Trinajstić information content (AvgIpc) is 2.51. The summed E-state index contributed by atoms with van der Waals surface area (Å²) in [6.45, 7) is 5.88. The number of benzene rings is 2. The first kappa shape index (κ1) is 15.5. The van der Waals surface area contributed by atoms with Gasteiger partial charge in [-0.25, -0.2) is 0 Å². The highest BCUT2D eigenvalue weighted by Crippen LogP contribution is 2.18. The molecular weight excluding hydrogens is 262 g/mol. The standard InChI is InChI=1S/C18H23NO2/c1-15(2)19-12-17-10-6-7-11-18(17)21-14-20-13-16-8-4-3-5-9-16/h3-11,15,19H,12-14H2,1-2H3. The number of nitrogens with one attached hydrogen (secondary N) is 1. The van der Waals surface area contributed by atoms with Gasteiger partial charge in [0.1, 0.15) is 5.75 Å². The zero-order valence-corrected chi connectivity index (χ0v) is 12.7. The molecular formula is C18H23NO2. The third kappa shape index (κ3) is 5.58. The lowest BCUT2D eigenvalue weighted by Gasteiger charge is -2.13. The monoisotopic (exact) mass is 285 g/mol. The highest BCUT2D eigenvalue weighted by molar-refractivity contribution is 5.33. The SMILES string of the molecule is CC(C)NCc1ccccc1OCOCc1ccccc1. The van der Waals surface area contributed by atoms with Gasteiger partial charge in [-0.2, -0.15) is 0 Å². The van der Waals surface area contributed by atoms with Crippen molar-refractivity contribution in [2.24, 2.45) is 0 Å². The van der Waals surface area contributed by atoms with Crippen LogP contribution in [-0.2, 0) is 17.9 Å². The molecule has 0 aromatic heterocycles. The molecule has 2 rings (SSSR count). The van der Waals surface area contributed by atoms with Gasteiger partial charge in [0.2, 0.25) is 0 Å². The predicted molar refractivity (Wildman–Crippen MR) is 85.1 cm³/mol. The van der Waals surface area contributed by atoms with Gasteiger partial charge < -0.3 is 14.8 Å². The topological polar surface area (TPSA) is 30.5 Å². The van der Waals surface area contributed by atoms with Gasteiger partial charge in [-0.1, -0.05) is 62.4 Å². The Morgan fingerprint density at radius 2 is 1.67 bits per heavy atom. The number of para-hydroxylation sites is 1. The van der Waals surface area contributed by atoms with E-state index < -0.39 is 0 Å². The summed E-state index contributed by atoms with van der Waals surface area (Å²) in [7, 11) is 0. The van der Waals surface area contributed by atoms with Crippen LogP contribution in [0.25, 0.3) is 0 Å². The van der Waals surface area contributed by atoms with Crippen molar-refractivity contribution in [1.29, 1.82) is 0 Å². The fraction of sp³-hybridized carbons (Fsp3) is 0.333. The van der Waals surface area contributed by atoms with Crippen molar-refractivity contribution < 1.29 is 9.47 Å². The normalized spacial score (nSPS) is 10.8. The smallest absolute Gasteiger partial charge is 0.189 e. The summed E-state index contributed by atoms with van der Waals surface area (Å²) in [5.74, 6) is 0.874. The molecule has 2 aromatic carbocycles. The molecule has 0 fully saturated rings. The van der Waals surface area contributed by atoms with E-state index in [1.54, 1.807) is 0 Å². The molecule has 0 saturated heterocycles. The molecule has 0 atom stereocenters. The van der Waals surface area contributed by atoms with Gasteiger partial charge in [0.15, 0.2) is 6.79 Å². The Morgan fingerprint density at radius 3 is 2.43 bits per heavy atom. The van der Waals surface area contributed by atoms with Crippen molar-refractivity contribution >= 4 is 0 Å². The zero-order chi connectivity index (χ0) is 14.9. The average molecular weight is 285 g/mol. The van der Waals surface area contributed by atoms with Crippen molar-refractivity contribution in [3.63, 3.8) is 0 Å². The second-order valence-electron chi connectivity index (χ2n) is 5.24. The maximum absolute atomic E-state index is 5.73. The van der Waals surface area contributed by atoms with Crippen LogP contribution in [0, 0.1) is 0 Å². The molecule has 0 heterocycles. The Hall–Kier alpha value is -1.84. The third-order valence-electron chi connectivity index (χ3n) is 3.08. The van der Waals surface area contributed by atoms with Crippen molar-refractivity contribution in [2.45, 2.75) is 33.0 Å². The molecule has 0 radical (unpaired) electrons. The highest BCUT2D eigenvalue weighted by atomic mass is 16.7. The fourth-order valence-corrected chi connectivity index (χ4v) is 1.94. The lowest BCUT2D eigenvalue weighted by molar-refractivity contribution is 0.00448. The van der Waals surface area contributed by atoms with E-state index >= 15 is 0 Å². The second-order valence-corrected chi connectivity index (χ2v) is 5.24. The molecule has 0 aliphatic heterocycles. The third-order valence-corrected chi connectivity index (χ3v) is 3.08. The van der Waals surface area contributed by atoms with E-state index in [0.29, 0.717) is 12.6 Å². The van der Waals surface area contributed by atoms with E-state index in [4.69, 9.17) is 9.47 Å². The maximum Gasteiger partial charge on any atom is 0.189 e. The largest absolute Gasteiger partial charge is 0.467 e. The molecule has 0 spiro atoms. The molecule has 0 amide bonds. The van der Waals surface area contributed by atoms with Crippen LogP contribution < -0.4 is 10.1 Å². The zero-order valence-electron chi connectivity index (χ0n) is 12.7. The number of rotatable bonds is 8. The maximum atomic E-state index is 5.73. The summed E-state index contributed by atoms with van der Waals surface area (Å²) < 4.78 is 11.3. The summed E-state index contributed by atoms with van der Waals surface area (Å²) in [5, 5.41) is 3.40. The summed E-state index contributed by atoms with van der Waals surface area (Å²) in [4.78, 5) is 0. The molecule has 3 nitrogen and oxygen atoms in total. The molecule has 0 unspecified atom stereocenters. The molecule has 112 valence electrons. The van der Waals surface area contributed by atoms with Crippen molar-refractivity contribution in [3.8, 4) is 5.75 Å². The Labute approximate surface area is 126 Å². The Bertz CT molecular complexity index is 526. The number of ether oxygens (including phenoxy) is 2. The van der Waals surface area contributed by atoms with E-state index in [1.165, 1.54) is 0 Å². The van der Waals surface area contributed by atoms with Crippen molar-refractivity contribution in [3.05, 3.63) is 65.7 Å². The van der Waals surface area contributed by atoms with E-state index in [9.17, 15) is 0 Å². The quantitative estimate of drug-likeness (QED) is 0.592.